The molecule has 2 rings (SSSR count). The highest BCUT2D eigenvalue weighted by molar-refractivity contribution is 4.54. The second-order valence-corrected chi connectivity index (χ2v) is 8.12. The van der Waals surface area contributed by atoms with Gasteiger partial charge in [0.25, 0.3) is 0 Å². The van der Waals surface area contributed by atoms with Crippen molar-refractivity contribution in [3.8, 4) is 0 Å². The van der Waals surface area contributed by atoms with Crippen molar-refractivity contribution in [2.24, 2.45) is 0 Å². The van der Waals surface area contributed by atoms with Crippen molar-refractivity contribution < 1.29 is 56.9 Å². The first kappa shape index (κ1) is 23.4. The van der Waals surface area contributed by atoms with Crippen molar-refractivity contribution >= 4 is 0 Å². The lowest BCUT2D eigenvalue weighted by atomic mass is 10.1. The summed E-state index contributed by atoms with van der Waals surface area (Å²) >= 11 is 0. The second-order valence-electron chi connectivity index (χ2n) is 8.12. The zero-order valence-electron chi connectivity index (χ0n) is 15.0. The van der Waals surface area contributed by atoms with E-state index < -0.39 is 0 Å². The summed E-state index contributed by atoms with van der Waals surface area (Å²) in [6.07, 6.45) is 14.7. The molecule has 0 atom stereocenters. The van der Waals surface area contributed by atoms with Gasteiger partial charge in [-0.05, 0) is 64.2 Å². The molecule has 4 heteroatoms. The highest BCUT2D eigenvalue weighted by Gasteiger charge is 2.25. The number of hydrogen-bond donors (Lipinski definition) is 0. The van der Waals surface area contributed by atoms with E-state index >= 15 is 0 Å². The zero-order valence-corrected chi connectivity index (χ0v) is 19.3. The maximum atomic E-state index is 2.49. The van der Waals surface area contributed by atoms with Gasteiger partial charge in [-0.3, -0.25) is 0 Å². The van der Waals surface area contributed by atoms with Crippen LogP contribution in [0.3, 0.4) is 0 Å². The van der Waals surface area contributed by atoms with E-state index in [4.69, 9.17) is 0 Å². The lowest BCUT2D eigenvalue weighted by Gasteiger charge is -2.38. The van der Waals surface area contributed by atoms with Crippen molar-refractivity contribution in [1.82, 2.24) is 0 Å². The van der Waals surface area contributed by atoms with Crippen LogP contribution in [0.2, 0.25) is 0 Å². The molecule has 134 valence electrons. The van der Waals surface area contributed by atoms with Crippen LogP contribution in [0.15, 0.2) is 0 Å². The van der Waals surface area contributed by atoms with E-state index in [0.717, 1.165) is 0 Å². The first-order chi connectivity index (χ1) is 9.62. The van der Waals surface area contributed by atoms with E-state index in [-0.39, 0.29) is 48.0 Å². The van der Waals surface area contributed by atoms with Gasteiger partial charge in [-0.25, -0.2) is 0 Å². The summed E-state index contributed by atoms with van der Waals surface area (Å²) in [5.41, 5.74) is 0. The maximum absolute atomic E-state index is 2.49. The quantitative estimate of drug-likeness (QED) is 0.197. The number of halogens is 2. The van der Waals surface area contributed by atoms with Crippen molar-refractivity contribution in [1.29, 1.82) is 0 Å². The maximum Gasteiger partial charge on any atom is 0.0784 e. The van der Waals surface area contributed by atoms with E-state index in [1.807, 2.05) is 0 Å². The Balaban J connectivity index is 0.00000220. The van der Waals surface area contributed by atoms with E-state index in [2.05, 4.69) is 14.1 Å². The lowest BCUT2D eigenvalue weighted by Crippen LogP contribution is -3.00. The smallest absolute Gasteiger partial charge is 0.0784 e. The van der Waals surface area contributed by atoms with Gasteiger partial charge >= 0.3 is 0 Å². The van der Waals surface area contributed by atoms with E-state index in [1.54, 1.807) is 0 Å². The van der Waals surface area contributed by atoms with Crippen LogP contribution in [0.4, 0.5) is 0 Å². The number of quaternary nitrogens is 2. The molecule has 2 nitrogen and oxygen atoms in total. The van der Waals surface area contributed by atoms with Gasteiger partial charge in [0, 0.05) is 0 Å². The molecule has 0 saturated carbocycles. The van der Waals surface area contributed by atoms with Crippen LogP contribution in [-0.4, -0.2) is 62.3 Å². The average molecular weight is 536 g/mol. The molecule has 0 aromatic heterocycles. The third kappa shape index (κ3) is 8.47. The normalized spacial score (nSPS) is 23.2. The van der Waals surface area contributed by atoms with Gasteiger partial charge in [0.1, 0.15) is 0 Å². The SMILES string of the molecule is C[N+]1(CCCCCC[N+]2(C)CCCCC2)CCCCC1.[I-].[I-]. The molecule has 2 fully saturated rings. The lowest BCUT2D eigenvalue weighted by molar-refractivity contribution is -0.914. The Morgan fingerprint density at radius 1 is 0.500 bits per heavy atom. The van der Waals surface area contributed by atoms with Crippen LogP contribution in [0.5, 0.6) is 0 Å². The summed E-state index contributed by atoms with van der Waals surface area (Å²) < 4.78 is 2.74. The summed E-state index contributed by atoms with van der Waals surface area (Å²) in [5.74, 6) is 0. The molecular formula is C18H38I2N2. The van der Waals surface area contributed by atoms with Crippen molar-refractivity contribution in [3.05, 3.63) is 0 Å². The van der Waals surface area contributed by atoms with Gasteiger partial charge in [-0.2, -0.15) is 0 Å². The third-order valence-electron chi connectivity index (χ3n) is 5.94. The van der Waals surface area contributed by atoms with Crippen LogP contribution >= 0.6 is 0 Å². The predicted molar refractivity (Wildman–Crippen MR) is 87.7 cm³/mol. The van der Waals surface area contributed by atoms with Crippen LogP contribution in [0.1, 0.15) is 64.2 Å². The molecule has 0 aliphatic carbocycles. The van der Waals surface area contributed by atoms with Crippen molar-refractivity contribution in [2.75, 3.05) is 53.4 Å². The standard InChI is InChI=1S/C18H38N2.2HI/c1-19(15-9-5-10-16-19)13-7-3-4-8-14-20(2)17-11-6-12-18-20;;/h3-18H2,1-2H3;2*1H/q+2;;/p-2. The fourth-order valence-corrected chi connectivity index (χ4v) is 4.34. The van der Waals surface area contributed by atoms with Crippen LogP contribution in [-0.2, 0) is 0 Å². The minimum atomic E-state index is 0. The molecule has 0 radical (unpaired) electrons. The molecule has 2 saturated heterocycles. The van der Waals surface area contributed by atoms with Gasteiger partial charge < -0.3 is 56.9 Å². The summed E-state index contributed by atoms with van der Waals surface area (Å²) in [6.45, 7) is 8.63. The minimum absolute atomic E-state index is 0. The molecule has 0 N–H and O–H groups in total. The van der Waals surface area contributed by atoms with Gasteiger partial charge in [0.05, 0.1) is 53.4 Å². The van der Waals surface area contributed by atoms with Crippen LogP contribution in [0.25, 0.3) is 0 Å². The van der Waals surface area contributed by atoms with Gasteiger partial charge in [0.15, 0.2) is 0 Å². The Labute approximate surface area is 173 Å². The Kier molecular flexibility index (Phi) is 12.6. The minimum Gasteiger partial charge on any atom is -1.00 e. The molecule has 2 heterocycles. The monoisotopic (exact) mass is 536 g/mol. The van der Waals surface area contributed by atoms with E-state index in [9.17, 15) is 0 Å². The molecule has 0 bridgehead atoms. The molecule has 2 aliphatic heterocycles. The highest BCUT2D eigenvalue weighted by atomic mass is 127. The van der Waals surface area contributed by atoms with Gasteiger partial charge in [-0.1, -0.05) is 0 Å². The number of rotatable bonds is 7. The molecule has 0 aromatic carbocycles. The molecule has 0 unspecified atom stereocenters. The average Bonchev–Trinajstić information content (AvgIpc) is 2.44. The summed E-state index contributed by atoms with van der Waals surface area (Å²) in [6, 6.07) is 0. The number of likely N-dealkylation sites (tertiary alicyclic amines) is 2. The second kappa shape index (κ2) is 11.9. The molecule has 0 amide bonds. The van der Waals surface area contributed by atoms with E-state index in [1.165, 1.54) is 112 Å². The zero-order chi connectivity index (χ0) is 14.3. The predicted octanol–water partition coefficient (Wildman–Crippen LogP) is -2.18. The van der Waals surface area contributed by atoms with Crippen molar-refractivity contribution in [2.45, 2.75) is 64.2 Å². The number of hydrogen-bond acceptors (Lipinski definition) is 0. The van der Waals surface area contributed by atoms with E-state index in [0.29, 0.717) is 0 Å². The van der Waals surface area contributed by atoms with Crippen LogP contribution in [0, 0.1) is 0 Å². The molecule has 0 spiro atoms. The van der Waals surface area contributed by atoms with Gasteiger partial charge in [0.2, 0.25) is 0 Å². The summed E-state index contributed by atoms with van der Waals surface area (Å²) in [4.78, 5) is 0. The van der Waals surface area contributed by atoms with Crippen LogP contribution < -0.4 is 48.0 Å². The molecule has 2 aliphatic rings. The first-order valence-corrected chi connectivity index (χ1v) is 9.29. The fourth-order valence-electron chi connectivity index (χ4n) is 4.34. The first-order valence-electron chi connectivity index (χ1n) is 9.29. The number of unbranched alkanes of at least 4 members (excludes halogenated alkanes) is 3. The Morgan fingerprint density at radius 3 is 1.14 bits per heavy atom. The topological polar surface area (TPSA) is 0 Å². The Morgan fingerprint density at radius 2 is 0.818 bits per heavy atom. The Hall–Kier alpha value is 1.38. The summed E-state index contributed by atoms with van der Waals surface area (Å²) in [5, 5.41) is 0. The van der Waals surface area contributed by atoms with Crippen molar-refractivity contribution in [3.63, 3.8) is 0 Å². The van der Waals surface area contributed by atoms with Gasteiger partial charge in [-0.15, -0.1) is 0 Å². The number of nitrogens with zero attached hydrogens (tertiary/aromatic N) is 2. The fraction of sp³-hybridized carbons (Fsp3) is 1.00. The molecule has 22 heavy (non-hydrogen) atoms. The largest absolute Gasteiger partial charge is 1.00 e. The molecular weight excluding hydrogens is 498 g/mol. The summed E-state index contributed by atoms with van der Waals surface area (Å²) in [7, 11) is 4.97. The third-order valence-corrected chi connectivity index (χ3v) is 5.94. The number of piperidine rings is 2. The molecule has 0 aromatic rings. The Bertz CT molecular complexity index is 244. The highest BCUT2D eigenvalue weighted by Crippen LogP contribution is 2.19.